The summed E-state index contributed by atoms with van der Waals surface area (Å²) in [7, 11) is 0. The van der Waals surface area contributed by atoms with E-state index in [4.69, 9.17) is 5.73 Å². The standard InChI is InChI=1S/C15H18N2O/c1-12-6-5-9-15(18)17(12)11-14(10-16)13-7-3-2-4-8-13/h2-9,14H,10-11,16H2,1H3. The number of nitrogens with two attached hydrogens (primary N) is 1. The number of nitrogens with zero attached hydrogens (tertiary/aromatic N) is 1. The predicted molar refractivity (Wildman–Crippen MR) is 73.7 cm³/mol. The van der Waals surface area contributed by atoms with Crippen molar-refractivity contribution in [3.05, 3.63) is 70.1 Å². The van der Waals surface area contributed by atoms with Gasteiger partial charge < -0.3 is 10.3 Å². The molecule has 2 aromatic rings. The first kappa shape index (κ1) is 12.6. The SMILES string of the molecule is Cc1cccc(=O)n1CC(CN)c1ccccc1. The molecule has 1 heterocycles. The molecule has 18 heavy (non-hydrogen) atoms. The average Bonchev–Trinajstić information content (AvgIpc) is 2.40. The van der Waals surface area contributed by atoms with E-state index >= 15 is 0 Å². The average molecular weight is 242 g/mol. The first-order chi connectivity index (χ1) is 8.72. The highest BCUT2D eigenvalue weighted by molar-refractivity contribution is 5.20. The predicted octanol–water partition coefficient (Wildman–Crippen LogP) is 1.90. The fourth-order valence-corrected chi connectivity index (χ4v) is 2.12. The van der Waals surface area contributed by atoms with E-state index in [1.165, 1.54) is 5.56 Å². The van der Waals surface area contributed by atoms with E-state index < -0.39 is 0 Å². The molecule has 1 unspecified atom stereocenters. The summed E-state index contributed by atoms with van der Waals surface area (Å²) in [6, 6.07) is 15.4. The molecule has 0 fully saturated rings. The normalized spacial score (nSPS) is 12.3. The Kier molecular flexibility index (Phi) is 3.95. The molecule has 0 spiro atoms. The lowest BCUT2D eigenvalue weighted by Crippen LogP contribution is -2.27. The van der Waals surface area contributed by atoms with Crippen LogP contribution in [-0.2, 0) is 6.54 Å². The molecular formula is C15H18N2O. The number of benzene rings is 1. The monoisotopic (exact) mass is 242 g/mol. The third kappa shape index (κ3) is 2.68. The number of hydrogen-bond donors (Lipinski definition) is 1. The van der Waals surface area contributed by atoms with Crippen LogP contribution in [0.4, 0.5) is 0 Å². The van der Waals surface area contributed by atoms with Crippen molar-refractivity contribution in [1.29, 1.82) is 0 Å². The molecule has 3 heteroatoms. The molecule has 94 valence electrons. The maximum absolute atomic E-state index is 11.8. The van der Waals surface area contributed by atoms with Crippen LogP contribution in [0.3, 0.4) is 0 Å². The first-order valence-corrected chi connectivity index (χ1v) is 6.14. The highest BCUT2D eigenvalue weighted by Gasteiger charge is 2.11. The Bertz CT molecular complexity index is 560. The number of pyridine rings is 1. The zero-order valence-corrected chi connectivity index (χ0v) is 10.5. The third-order valence-corrected chi connectivity index (χ3v) is 3.23. The van der Waals surface area contributed by atoms with Crippen LogP contribution < -0.4 is 11.3 Å². The van der Waals surface area contributed by atoms with E-state index in [1.807, 2.05) is 31.2 Å². The Morgan fingerprint density at radius 1 is 1.11 bits per heavy atom. The second kappa shape index (κ2) is 5.65. The van der Waals surface area contributed by atoms with Gasteiger partial charge in [-0.25, -0.2) is 0 Å². The van der Waals surface area contributed by atoms with Gasteiger partial charge in [0.15, 0.2) is 0 Å². The van der Waals surface area contributed by atoms with Crippen molar-refractivity contribution < 1.29 is 0 Å². The molecule has 0 aliphatic rings. The largest absolute Gasteiger partial charge is 0.330 e. The van der Waals surface area contributed by atoms with Crippen LogP contribution in [0.5, 0.6) is 0 Å². The summed E-state index contributed by atoms with van der Waals surface area (Å²) in [5.41, 5.74) is 8.01. The minimum Gasteiger partial charge on any atom is -0.330 e. The summed E-state index contributed by atoms with van der Waals surface area (Å²) in [6.45, 7) is 3.11. The topological polar surface area (TPSA) is 48.0 Å². The lowest BCUT2D eigenvalue weighted by molar-refractivity contribution is 0.542. The molecule has 3 nitrogen and oxygen atoms in total. The van der Waals surface area contributed by atoms with Crippen LogP contribution in [0.15, 0.2) is 53.3 Å². The fourth-order valence-electron chi connectivity index (χ4n) is 2.12. The maximum atomic E-state index is 11.8. The van der Waals surface area contributed by atoms with Crippen molar-refractivity contribution in [1.82, 2.24) is 4.57 Å². The summed E-state index contributed by atoms with van der Waals surface area (Å²) >= 11 is 0. The van der Waals surface area contributed by atoms with E-state index in [2.05, 4.69) is 12.1 Å². The Morgan fingerprint density at radius 2 is 1.83 bits per heavy atom. The molecule has 0 radical (unpaired) electrons. The van der Waals surface area contributed by atoms with Gasteiger partial charge >= 0.3 is 0 Å². The molecule has 1 atom stereocenters. The van der Waals surface area contributed by atoms with Crippen LogP contribution >= 0.6 is 0 Å². The van der Waals surface area contributed by atoms with Crippen LogP contribution in [0, 0.1) is 6.92 Å². The van der Waals surface area contributed by atoms with Crippen molar-refractivity contribution in [3.63, 3.8) is 0 Å². The second-order valence-electron chi connectivity index (χ2n) is 4.46. The number of rotatable bonds is 4. The van der Waals surface area contributed by atoms with Gasteiger partial charge in [0.1, 0.15) is 0 Å². The Labute approximate surface area is 107 Å². The highest BCUT2D eigenvalue weighted by atomic mass is 16.1. The van der Waals surface area contributed by atoms with Gasteiger partial charge in [-0.3, -0.25) is 4.79 Å². The van der Waals surface area contributed by atoms with Gasteiger partial charge in [0.05, 0.1) is 0 Å². The molecule has 0 aliphatic carbocycles. The summed E-state index contributed by atoms with van der Waals surface area (Å²) in [6.07, 6.45) is 0. The fraction of sp³-hybridized carbons (Fsp3) is 0.267. The van der Waals surface area contributed by atoms with Crippen molar-refractivity contribution in [2.45, 2.75) is 19.4 Å². The van der Waals surface area contributed by atoms with Crippen molar-refractivity contribution >= 4 is 0 Å². The molecule has 0 aliphatic heterocycles. The highest BCUT2D eigenvalue weighted by Crippen LogP contribution is 2.16. The molecule has 2 N–H and O–H groups in total. The van der Waals surface area contributed by atoms with Crippen LogP contribution in [0.25, 0.3) is 0 Å². The van der Waals surface area contributed by atoms with E-state index in [-0.39, 0.29) is 11.5 Å². The van der Waals surface area contributed by atoms with E-state index in [0.717, 1.165) is 5.69 Å². The van der Waals surface area contributed by atoms with E-state index in [9.17, 15) is 4.79 Å². The minimum absolute atomic E-state index is 0.0318. The number of hydrogen-bond acceptors (Lipinski definition) is 2. The molecule has 0 saturated heterocycles. The van der Waals surface area contributed by atoms with Crippen LogP contribution in [-0.4, -0.2) is 11.1 Å². The quantitative estimate of drug-likeness (QED) is 0.890. The summed E-state index contributed by atoms with van der Waals surface area (Å²) < 4.78 is 1.78. The molecular weight excluding hydrogens is 224 g/mol. The summed E-state index contributed by atoms with van der Waals surface area (Å²) in [5, 5.41) is 0. The first-order valence-electron chi connectivity index (χ1n) is 6.14. The molecule has 0 amide bonds. The zero-order chi connectivity index (χ0) is 13.0. The van der Waals surface area contributed by atoms with E-state index in [0.29, 0.717) is 13.1 Å². The lowest BCUT2D eigenvalue weighted by Gasteiger charge is -2.18. The lowest BCUT2D eigenvalue weighted by atomic mass is 9.99. The van der Waals surface area contributed by atoms with Crippen molar-refractivity contribution in [2.75, 3.05) is 6.54 Å². The smallest absolute Gasteiger partial charge is 0.250 e. The van der Waals surface area contributed by atoms with Gasteiger partial charge in [-0.1, -0.05) is 36.4 Å². The molecule has 0 bridgehead atoms. The second-order valence-corrected chi connectivity index (χ2v) is 4.46. The maximum Gasteiger partial charge on any atom is 0.250 e. The van der Waals surface area contributed by atoms with Crippen molar-refractivity contribution in [2.24, 2.45) is 5.73 Å². The number of aromatic nitrogens is 1. The van der Waals surface area contributed by atoms with Gasteiger partial charge in [-0.05, 0) is 18.6 Å². The van der Waals surface area contributed by atoms with Crippen LogP contribution in [0.2, 0.25) is 0 Å². The zero-order valence-electron chi connectivity index (χ0n) is 10.5. The van der Waals surface area contributed by atoms with Gasteiger partial charge in [0.25, 0.3) is 5.56 Å². The molecule has 0 saturated carbocycles. The van der Waals surface area contributed by atoms with Gasteiger partial charge in [-0.2, -0.15) is 0 Å². The van der Waals surface area contributed by atoms with Gasteiger partial charge in [-0.15, -0.1) is 0 Å². The summed E-state index contributed by atoms with van der Waals surface area (Å²) in [4.78, 5) is 11.8. The Balaban J connectivity index is 2.29. The molecule has 1 aromatic carbocycles. The number of aryl methyl sites for hydroxylation is 1. The van der Waals surface area contributed by atoms with Crippen LogP contribution in [0.1, 0.15) is 17.2 Å². The molecule has 1 aromatic heterocycles. The Morgan fingerprint density at radius 3 is 2.44 bits per heavy atom. The third-order valence-electron chi connectivity index (χ3n) is 3.23. The minimum atomic E-state index is 0.0318. The Hall–Kier alpha value is -1.87. The van der Waals surface area contributed by atoms with Gasteiger partial charge in [0.2, 0.25) is 0 Å². The van der Waals surface area contributed by atoms with Crippen molar-refractivity contribution in [3.8, 4) is 0 Å². The van der Waals surface area contributed by atoms with E-state index in [1.54, 1.807) is 16.7 Å². The summed E-state index contributed by atoms with van der Waals surface area (Å²) in [5.74, 6) is 0.171. The molecule has 2 rings (SSSR count). The van der Waals surface area contributed by atoms with Gasteiger partial charge in [0, 0.05) is 30.8 Å².